The zero-order chi connectivity index (χ0) is 16.3. The fraction of sp³-hybridized carbons (Fsp3) is 0.714. The van der Waals surface area contributed by atoms with Gasteiger partial charge < -0.3 is 10.2 Å². The van der Waals surface area contributed by atoms with Gasteiger partial charge in [-0.3, -0.25) is 4.79 Å². The van der Waals surface area contributed by atoms with Crippen LogP contribution in [0.25, 0.3) is 0 Å². The Morgan fingerprint density at radius 3 is 2.77 bits per heavy atom. The van der Waals surface area contributed by atoms with Gasteiger partial charge in [-0.2, -0.15) is 13.2 Å². The van der Waals surface area contributed by atoms with Gasteiger partial charge >= 0.3 is 6.18 Å². The smallest absolute Gasteiger partial charge is 0.341 e. The predicted molar refractivity (Wildman–Crippen MR) is 79.1 cm³/mol. The minimum atomic E-state index is -4.29. The van der Waals surface area contributed by atoms with E-state index in [4.69, 9.17) is 0 Å². The Hall–Kier alpha value is -1.15. The summed E-state index contributed by atoms with van der Waals surface area (Å²) in [7, 11) is 0. The summed E-state index contributed by atoms with van der Waals surface area (Å²) in [5.74, 6) is -0.0864. The number of aryl methyl sites for hydroxylation is 2. The van der Waals surface area contributed by atoms with E-state index in [9.17, 15) is 18.0 Å². The highest BCUT2D eigenvalue weighted by Crippen LogP contribution is 2.31. The number of hydrogen-bond acceptors (Lipinski definition) is 4. The Kier molecular flexibility index (Phi) is 5.44. The van der Waals surface area contributed by atoms with Gasteiger partial charge in [0.05, 0.1) is 23.8 Å². The first kappa shape index (κ1) is 17.2. The van der Waals surface area contributed by atoms with E-state index in [0.29, 0.717) is 13.1 Å². The van der Waals surface area contributed by atoms with Crippen LogP contribution >= 0.6 is 11.3 Å². The molecule has 0 saturated carbocycles. The molecule has 2 heterocycles. The lowest BCUT2D eigenvalue weighted by atomic mass is 9.98. The molecular weight excluding hydrogens is 315 g/mol. The van der Waals surface area contributed by atoms with Crippen LogP contribution in [-0.4, -0.2) is 48.1 Å². The fourth-order valence-corrected chi connectivity index (χ4v) is 3.55. The van der Waals surface area contributed by atoms with Crippen molar-refractivity contribution in [3.63, 3.8) is 0 Å². The largest absolute Gasteiger partial charge is 0.401 e. The molecule has 1 aliphatic rings. The van der Waals surface area contributed by atoms with E-state index in [1.807, 2.05) is 13.8 Å². The van der Waals surface area contributed by atoms with E-state index >= 15 is 0 Å². The van der Waals surface area contributed by atoms with Gasteiger partial charge in [0.25, 0.3) is 0 Å². The molecule has 1 aromatic heterocycles. The number of rotatable bonds is 4. The van der Waals surface area contributed by atoms with E-state index in [1.165, 1.54) is 4.88 Å². The van der Waals surface area contributed by atoms with Crippen molar-refractivity contribution in [2.75, 3.05) is 26.2 Å². The standard InChI is InChI=1S/C14H20F3N3OS/c1-9-10(2)22-13(19-9)11-4-3-5-20(7-11)12(21)6-18-8-14(15,16)17/h11,18H,3-8H2,1-2H3/t11-/m0/s1. The Morgan fingerprint density at radius 1 is 1.45 bits per heavy atom. The van der Waals surface area contributed by atoms with Gasteiger partial charge in [-0.05, 0) is 26.7 Å². The number of aromatic nitrogens is 1. The number of alkyl halides is 3. The first-order valence-electron chi connectivity index (χ1n) is 7.25. The lowest BCUT2D eigenvalue weighted by molar-refractivity contribution is -0.135. The van der Waals surface area contributed by atoms with Crippen LogP contribution in [0, 0.1) is 13.8 Å². The second-order valence-electron chi connectivity index (χ2n) is 5.59. The Morgan fingerprint density at radius 2 is 2.18 bits per heavy atom. The third-order valence-electron chi connectivity index (χ3n) is 3.77. The number of carbonyl (C=O) groups excluding carboxylic acids is 1. The van der Waals surface area contributed by atoms with E-state index in [1.54, 1.807) is 16.2 Å². The van der Waals surface area contributed by atoms with Gasteiger partial charge in [0.2, 0.25) is 5.91 Å². The number of halogens is 3. The summed E-state index contributed by atoms with van der Waals surface area (Å²) < 4.78 is 36.2. The van der Waals surface area contributed by atoms with Crippen molar-refractivity contribution < 1.29 is 18.0 Å². The zero-order valence-electron chi connectivity index (χ0n) is 12.7. The number of amides is 1. The molecule has 1 saturated heterocycles. The van der Waals surface area contributed by atoms with E-state index in [2.05, 4.69) is 10.3 Å². The molecule has 0 aliphatic carbocycles. The number of carbonyl (C=O) groups is 1. The van der Waals surface area contributed by atoms with Crippen molar-refractivity contribution in [1.29, 1.82) is 0 Å². The maximum atomic E-state index is 12.1. The average Bonchev–Trinajstić information content (AvgIpc) is 2.77. The molecule has 1 amide bonds. The summed E-state index contributed by atoms with van der Waals surface area (Å²) in [6, 6.07) is 0. The fourth-order valence-electron chi connectivity index (χ4n) is 2.50. The van der Waals surface area contributed by atoms with Crippen LogP contribution in [0.4, 0.5) is 13.2 Å². The van der Waals surface area contributed by atoms with Gasteiger partial charge in [-0.15, -0.1) is 11.3 Å². The Labute approximate surface area is 131 Å². The summed E-state index contributed by atoms with van der Waals surface area (Å²) in [5, 5.41) is 3.18. The molecular formula is C14H20F3N3OS. The normalized spacial score (nSPS) is 19.5. The molecule has 1 fully saturated rings. The lowest BCUT2D eigenvalue weighted by Crippen LogP contribution is -2.44. The van der Waals surface area contributed by atoms with E-state index < -0.39 is 12.7 Å². The molecule has 1 aromatic rings. The van der Waals surface area contributed by atoms with Gasteiger partial charge in [-0.25, -0.2) is 4.98 Å². The molecule has 0 spiro atoms. The van der Waals surface area contributed by atoms with Crippen molar-refractivity contribution in [3.8, 4) is 0 Å². The first-order chi connectivity index (χ1) is 10.3. The van der Waals surface area contributed by atoms with Crippen LogP contribution in [0.2, 0.25) is 0 Å². The summed E-state index contributed by atoms with van der Waals surface area (Å²) in [4.78, 5) is 19.4. The molecule has 8 heteroatoms. The molecule has 22 heavy (non-hydrogen) atoms. The summed E-state index contributed by atoms with van der Waals surface area (Å²) in [6.45, 7) is 3.71. The molecule has 124 valence electrons. The SMILES string of the molecule is Cc1nc([C@H]2CCCN(C(=O)CNCC(F)(F)F)C2)sc1C. The van der Waals surface area contributed by atoms with Crippen LogP contribution < -0.4 is 5.32 Å². The molecule has 1 aliphatic heterocycles. The second kappa shape index (κ2) is 6.95. The topological polar surface area (TPSA) is 45.2 Å². The number of nitrogens with zero attached hydrogens (tertiary/aromatic N) is 2. The predicted octanol–water partition coefficient (Wildman–Crippen LogP) is 2.62. The number of nitrogens with one attached hydrogen (secondary N) is 1. The molecule has 2 rings (SSSR count). The molecule has 0 aromatic carbocycles. The average molecular weight is 335 g/mol. The maximum absolute atomic E-state index is 12.1. The van der Waals surface area contributed by atoms with Crippen LogP contribution in [-0.2, 0) is 4.79 Å². The van der Waals surface area contributed by atoms with Gasteiger partial charge in [0.15, 0.2) is 0 Å². The highest BCUT2D eigenvalue weighted by Gasteiger charge is 2.29. The van der Waals surface area contributed by atoms with Gasteiger partial charge in [0.1, 0.15) is 0 Å². The number of likely N-dealkylation sites (tertiary alicyclic amines) is 1. The second-order valence-corrected chi connectivity index (χ2v) is 6.83. The third-order valence-corrected chi connectivity index (χ3v) is 5.01. The lowest BCUT2D eigenvalue weighted by Gasteiger charge is -2.32. The molecule has 0 bridgehead atoms. The quantitative estimate of drug-likeness (QED) is 0.920. The van der Waals surface area contributed by atoms with Crippen LogP contribution in [0.3, 0.4) is 0 Å². The summed E-state index contributed by atoms with van der Waals surface area (Å²) in [6.07, 6.45) is -2.47. The minimum absolute atomic E-state index is 0.192. The summed E-state index contributed by atoms with van der Waals surface area (Å²) in [5.41, 5.74) is 1.01. The van der Waals surface area contributed by atoms with Crippen LogP contribution in [0.1, 0.15) is 34.3 Å². The number of hydrogen-bond donors (Lipinski definition) is 1. The molecule has 0 radical (unpaired) electrons. The van der Waals surface area contributed by atoms with E-state index in [0.717, 1.165) is 23.5 Å². The van der Waals surface area contributed by atoms with Crippen LogP contribution in [0.15, 0.2) is 0 Å². The van der Waals surface area contributed by atoms with Crippen molar-refractivity contribution in [2.45, 2.75) is 38.8 Å². The minimum Gasteiger partial charge on any atom is -0.341 e. The van der Waals surface area contributed by atoms with Crippen molar-refractivity contribution in [3.05, 3.63) is 15.6 Å². The third kappa shape index (κ3) is 4.67. The van der Waals surface area contributed by atoms with Gasteiger partial charge in [-0.1, -0.05) is 0 Å². The molecule has 0 unspecified atom stereocenters. The highest BCUT2D eigenvalue weighted by molar-refractivity contribution is 7.11. The maximum Gasteiger partial charge on any atom is 0.401 e. The van der Waals surface area contributed by atoms with Crippen LogP contribution in [0.5, 0.6) is 0 Å². The monoisotopic (exact) mass is 335 g/mol. The van der Waals surface area contributed by atoms with Crippen molar-refractivity contribution in [1.82, 2.24) is 15.2 Å². The first-order valence-corrected chi connectivity index (χ1v) is 8.07. The van der Waals surface area contributed by atoms with Gasteiger partial charge in [0, 0.05) is 23.9 Å². The molecule has 1 N–H and O–H groups in total. The Balaban J connectivity index is 1.88. The number of piperidine rings is 1. The van der Waals surface area contributed by atoms with E-state index in [-0.39, 0.29) is 18.4 Å². The van der Waals surface area contributed by atoms with Crippen molar-refractivity contribution >= 4 is 17.2 Å². The Bertz CT molecular complexity index is 510. The number of thiazole rings is 1. The molecule has 1 atom stereocenters. The highest BCUT2D eigenvalue weighted by atomic mass is 32.1. The van der Waals surface area contributed by atoms with Crippen molar-refractivity contribution in [2.24, 2.45) is 0 Å². The molecule has 4 nitrogen and oxygen atoms in total. The zero-order valence-corrected chi connectivity index (χ0v) is 13.5. The summed E-state index contributed by atoms with van der Waals surface area (Å²) >= 11 is 1.64.